The van der Waals surface area contributed by atoms with E-state index in [4.69, 9.17) is 13.6 Å². The van der Waals surface area contributed by atoms with Gasteiger partial charge in [0.15, 0.2) is 22.5 Å². The van der Waals surface area contributed by atoms with E-state index in [1.165, 1.54) is 16.7 Å². The van der Waals surface area contributed by atoms with E-state index >= 15 is 8.78 Å². The largest absolute Gasteiger partial charge is 0.508 e. The van der Waals surface area contributed by atoms with E-state index in [-0.39, 0.29) is 64.6 Å². The first-order chi connectivity index (χ1) is 31.5. The van der Waals surface area contributed by atoms with E-state index in [2.05, 4.69) is 46.2 Å². The molecule has 2 aromatic carbocycles. The zero-order valence-corrected chi connectivity index (χ0v) is 43.4. The minimum atomic E-state index is -3.63. The number of hydrogen-bond donors (Lipinski definition) is 5. The van der Waals surface area contributed by atoms with Gasteiger partial charge in [-0.1, -0.05) is 72.6 Å². The monoisotopic (exact) mass is 984 g/mol. The van der Waals surface area contributed by atoms with E-state index < -0.39 is 58.8 Å². The summed E-state index contributed by atoms with van der Waals surface area (Å²) in [6, 6.07) is 11.3. The molecule has 2 aliphatic rings. The number of amides is 1. The van der Waals surface area contributed by atoms with E-state index in [9.17, 15) is 30.0 Å². The fourth-order valence-electron chi connectivity index (χ4n) is 7.71. The van der Waals surface area contributed by atoms with Gasteiger partial charge in [-0.3, -0.25) is 19.2 Å². The number of anilines is 1. The normalized spacial score (nSPS) is 20.3. The molecule has 0 radical (unpaired) electrons. The topological polar surface area (TPSA) is 210 Å². The van der Waals surface area contributed by atoms with E-state index in [1.54, 1.807) is 6.07 Å². The van der Waals surface area contributed by atoms with Crippen LogP contribution < -0.4 is 11.0 Å². The van der Waals surface area contributed by atoms with Gasteiger partial charge in [-0.15, -0.1) is 5.10 Å². The van der Waals surface area contributed by atoms with Gasteiger partial charge in [0.2, 0.25) is 12.1 Å². The summed E-state index contributed by atoms with van der Waals surface area (Å²) in [6.45, 7) is 26.6. The summed E-state index contributed by atoms with van der Waals surface area (Å²) in [5.74, 6) is -4.29. The molecule has 17 nitrogen and oxygen atoms in total. The number of piperazine rings is 1. The molecule has 4 atom stereocenters. The number of benzene rings is 2. The Labute approximate surface area is 399 Å². The number of aliphatic hydroxyl groups excluding tert-OH is 1. The summed E-state index contributed by atoms with van der Waals surface area (Å²) in [4.78, 5) is 34.4. The Morgan fingerprint density at radius 1 is 0.926 bits per heavy atom. The molecular formula is C47H70F2N8O9Si2. The number of carbonyl (C=O) groups is 1. The number of aromatic hydroxyl groups is 3. The molecule has 2 aromatic heterocycles. The van der Waals surface area contributed by atoms with Gasteiger partial charge in [-0.25, -0.2) is 9.36 Å². The molecule has 0 saturated carbocycles. The van der Waals surface area contributed by atoms with E-state index in [0.29, 0.717) is 49.5 Å². The summed E-state index contributed by atoms with van der Waals surface area (Å²) < 4.78 is 53.8. The number of aromatic nitrogens is 5. The van der Waals surface area contributed by atoms with E-state index in [1.807, 2.05) is 90.0 Å². The van der Waals surface area contributed by atoms with Crippen LogP contribution in [0.25, 0.3) is 17.1 Å². The Morgan fingerprint density at radius 2 is 1.56 bits per heavy atom. The third-order valence-corrected chi connectivity index (χ3v) is 23.0. The molecule has 4 heterocycles. The second-order valence-electron chi connectivity index (χ2n) is 21.4. The third-order valence-electron chi connectivity index (χ3n) is 14.1. The van der Waals surface area contributed by atoms with Crippen LogP contribution in [0.3, 0.4) is 0 Å². The van der Waals surface area contributed by atoms with Crippen LogP contribution in [0.5, 0.6) is 17.5 Å². The van der Waals surface area contributed by atoms with Crippen LogP contribution in [0.4, 0.5) is 14.6 Å². The summed E-state index contributed by atoms with van der Waals surface area (Å²) in [7, 11) is -5.12. The average molecular weight is 985 g/mol. The number of ether oxygens (including phenoxy) is 1. The maximum atomic E-state index is 16.5. The summed E-state index contributed by atoms with van der Waals surface area (Å²) >= 11 is 0. The van der Waals surface area contributed by atoms with Crippen molar-refractivity contribution in [1.29, 1.82) is 0 Å². The maximum absolute atomic E-state index is 16.5. The molecule has 2 saturated heterocycles. The average Bonchev–Trinajstić information content (AvgIpc) is 3.73. The van der Waals surface area contributed by atoms with Crippen LogP contribution in [-0.2, 0) is 24.9 Å². The van der Waals surface area contributed by atoms with Crippen molar-refractivity contribution >= 4 is 28.4 Å². The lowest BCUT2D eigenvalue weighted by atomic mass is 9.98. The van der Waals surface area contributed by atoms with Crippen molar-refractivity contribution < 1.29 is 47.6 Å². The molecule has 0 aliphatic carbocycles. The Morgan fingerprint density at radius 3 is 2.15 bits per heavy atom. The Bertz CT molecular complexity index is 2470. The highest BCUT2D eigenvalue weighted by Crippen LogP contribution is 2.49. The lowest BCUT2D eigenvalue weighted by Crippen LogP contribution is -2.53. The number of alkyl halides is 2. The molecule has 5 N–H and O–H groups in total. The van der Waals surface area contributed by atoms with Gasteiger partial charge < -0.3 is 39.3 Å². The zero-order chi connectivity index (χ0) is 50.3. The highest BCUT2D eigenvalue weighted by Gasteiger charge is 2.63. The van der Waals surface area contributed by atoms with Gasteiger partial charge in [0, 0.05) is 51.4 Å². The molecule has 4 aromatic rings. The van der Waals surface area contributed by atoms with Crippen molar-refractivity contribution in [3.8, 4) is 34.6 Å². The first kappa shape index (κ1) is 52.7. The molecule has 0 spiro atoms. The molecule has 1 unspecified atom stereocenters. The fraction of sp³-hybridized carbons (Fsp3) is 0.596. The van der Waals surface area contributed by atoms with Crippen LogP contribution in [0, 0.1) is 0 Å². The molecule has 0 bridgehead atoms. The van der Waals surface area contributed by atoms with Crippen molar-refractivity contribution in [2.75, 3.05) is 38.1 Å². The number of carbonyl (C=O) groups excluding carboxylic acids is 1. The summed E-state index contributed by atoms with van der Waals surface area (Å²) in [5.41, 5.74) is 1.47. The predicted molar refractivity (Wildman–Crippen MR) is 259 cm³/mol. The number of phenolic OH excluding ortho intramolecular Hbond substituents is 2. The van der Waals surface area contributed by atoms with Crippen LogP contribution in [0.1, 0.15) is 91.5 Å². The quantitative estimate of drug-likeness (QED) is 0.0688. The summed E-state index contributed by atoms with van der Waals surface area (Å²) in [5, 5.41) is 52.6. The number of aliphatic hydroxyl groups is 1. The number of nitrogens with zero attached hydrogens (tertiary/aromatic N) is 7. The maximum Gasteiger partial charge on any atom is 0.351 e. The number of nitrogens with one attached hydrogen (secondary N) is 1. The van der Waals surface area contributed by atoms with Crippen molar-refractivity contribution in [2.45, 2.75) is 148 Å². The summed E-state index contributed by atoms with van der Waals surface area (Å²) in [6.07, 6.45) is -4.60. The van der Waals surface area contributed by atoms with Gasteiger partial charge in [0.05, 0.1) is 17.9 Å². The minimum Gasteiger partial charge on any atom is -0.508 e. The smallest absolute Gasteiger partial charge is 0.351 e. The molecule has 2 fully saturated rings. The lowest BCUT2D eigenvalue weighted by molar-refractivity contribution is -0.138. The Kier molecular flexibility index (Phi) is 15.5. The van der Waals surface area contributed by atoms with Crippen molar-refractivity contribution in [2.24, 2.45) is 0 Å². The first-order valence-corrected chi connectivity index (χ1v) is 29.0. The molecule has 374 valence electrons. The second-order valence-corrected chi connectivity index (χ2v) is 30.9. The van der Waals surface area contributed by atoms with Crippen LogP contribution in [-0.4, -0.2) is 134 Å². The van der Waals surface area contributed by atoms with Gasteiger partial charge in [-0.2, -0.15) is 13.8 Å². The van der Waals surface area contributed by atoms with Crippen molar-refractivity contribution in [3.05, 3.63) is 70.3 Å². The number of rotatable bonds is 16. The van der Waals surface area contributed by atoms with E-state index in [0.717, 1.165) is 16.3 Å². The number of phenols is 2. The molecule has 68 heavy (non-hydrogen) atoms. The molecular weight excluding hydrogens is 915 g/mol. The highest BCUT2D eigenvalue weighted by atomic mass is 28.4. The predicted octanol–water partition coefficient (Wildman–Crippen LogP) is 7.53. The van der Waals surface area contributed by atoms with Crippen LogP contribution in [0.15, 0.2) is 53.5 Å². The Hall–Kier alpha value is -4.62. The van der Waals surface area contributed by atoms with Gasteiger partial charge in [0.1, 0.15) is 35.8 Å². The SMILES string of the molecule is CC(C)c1cc(-c2nnc(O)n2-c2ccc(CN3CCN(C(O)CCC(=O)Nc4ccn([C@@H]5O[C@H](CO[Si](C)(C)C(C)(C)C)[C@@H](O[Si](C)(C)C(C)(C)C)C5(F)F)c(=O)n4)CC3)cc2)c(O)cc1O. The van der Waals surface area contributed by atoms with Gasteiger partial charge in [0.25, 0.3) is 0 Å². The fourth-order valence-corrected chi connectivity index (χ4v) is 10.0. The lowest BCUT2D eigenvalue weighted by Gasteiger charge is -2.41. The molecule has 1 amide bonds. The van der Waals surface area contributed by atoms with Crippen LogP contribution in [0.2, 0.25) is 36.3 Å². The van der Waals surface area contributed by atoms with Crippen LogP contribution >= 0.6 is 0 Å². The zero-order valence-electron chi connectivity index (χ0n) is 41.4. The molecule has 21 heteroatoms. The number of halogens is 2. The van der Waals surface area contributed by atoms with Crippen molar-refractivity contribution in [3.63, 3.8) is 0 Å². The highest BCUT2D eigenvalue weighted by molar-refractivity contribution is 6.74. The van der Waals surface area contributed by atoms with Gasteiger partial charge >= 0.3 is 17.6 Å². The van der Waals surface area contributed by atoms with Crippen molar-refractivity contribution in [1.82, 2.24) is 34.1 Å². The minimum absolute atomic E-state index is 0.0294. The third kappa shape index (κ3) is 11.5. The molecule has 2 aliphatic heterocycles. The Balaban J connectivity index is 1.01. The standard InChI is InChI=1S/C47H70F2N8O9Si2/c1-29(2)32-25-33(35(59)26-34(32)58)41-52-53-44(63)57(41)31-15-13-30(14-16-31)27-54-21-23-55(24-22-54)39(61)18-17-38(60)50-37-19-20-56(43(62)51-37)42-47(48,49)40(66-68(11,12)46(6,7)8)36(65-42)28-64-67(9,10)45(3,4)5/h13-16,19-20,25-26,29,36,39-40,42,58-59,61H,17-18,21-24,27-28H2,1-12H3,(H,53,63)(H,50,51,60,62)/t36-,39?,40-,42-/m1/s1. The number of hydrogen-bond acceptors (Lipinski definition) is 14. The molecule has 6 rings (SSSR count). The second kappa shape index (κ2) is 20.0. The van der Waals surface area contributed by atoms with Gasteiger partial charge in [-0.05, 0) is 84.0 Å². The first-order valence-electron chi connectivity index (χ1n) is 23.2.